The number of aliphatic hydroxyl groups is 1. The Labute approximate surface area is 166 Å². The molecule has 0 fully saturated rings. The largest absolute Gasteiger partial charge is 0.389 e. The van der Waals surface area contributed by atoms with Gasteiger partial charge in [0.1, 0.15) is 5.82 Å². The maximum absolute atomic E-state index is 13.4. The van der Waals surface area contributed by atoms with Crippen molar-refractivity contribution in [3.05, 3.63) is 46.5 Å². The van der Waals surface area contributed by atoms with Crippen LogP contribution in [-0.4, -0.2) is 38.1 Å². The number of rotatable bonds is 6. The zero-order valence-corrected chi connectivity index (χ0v) is 16.9. The Morgan fingerprint density at radius 2 is 2.07 bits per heavy atom. The zero-order chi connectivity index (χ0) is 20.5. The quantitative estimate of drug-likeness (QED) is 0.584. The molecule has 9 heteroatoms. The van der Waals surface area contributed by atoms with Gasteiger partial charge in [0.05, 0.1) is 28.1 Å². The summed E-state index contributed by atoms with van der Waals surface area (Å²) in [5.74, 6) is -0.558. The van der Waals surface area contributed by atoms with Crippen LogP contribution in [0, 0.1) is 12.7 Å². The van der Waals surface area contributed by atoms with Crippen molar-refractivity contribution in [1.29, 1.82) is 0 Å². The maximum atomic E-state index is 13.4. The number of nitrogens with one attached hydrogen (secondary N) is 2. The molecule has 0 aliphatic heterocycles. The Bertz CT molecular complexity index is 1020. The molecule has 1 atom stereocenters. The number of amides is 1. The molecule has 0 radical (unpaired) electrons. The molecule has 0 saturated carbocycles. The fourth-order valence-corrected chi connectivity index (χ4v) is 3.53. The Balaban J connectivity index is 1.92. The molecule has 3 aromatic rings. The minimum Gasteiger partial charge on any atom is -0.389 e. The third kappa shape index (κ3) is 4.79. The highest BCUT2D eigenvalue weighted by Gasteiger charge is 2.21. The van der Waals surface area contributed by atoms with E-state index in [-0.39, 0.29) is 30.1 Å². The topological polar surface area (TPSA) is 100 Å². The highest BCUT2D eigenvalue weighted by Crippen LogP contribution is 2.28. The van der Waals surface area contributed by atoms with Crippen LogP contribution in [0.15, 0.2) is 24.5 Å². The number of thiophene rings is 1. The summed E-state index contributed by atoms with van der Waals surface area (Å²) in [6.45, 7) is 7.07. The lowest BCUT2D eigenvalue weighted by atomic mass is 10.1. The van der Waals surface area contributed by atoms with Gasteiger partial charge in [-0.25, -0.2) is 14.4 Å². The highest BCUT2D eigenvalue weighted by molar-refractivity contribution is 7.19. The van der Waals surface area contributed by atoms with Crippen molar-refractivity contribution in [3.8, 4) is 0 Å². The van der Waals surface area contributed by atoms with E-state index in [1.807, 2.05) is 19.9 Å². The van der Waals surface area contributed by atoms with Crippen LogP contribution in [0.3, 0.4) is 0 Å². The number of hydrogen-bond acceptors (Lipinski definition) is 7. The molecule has 28 heavy (non-hydrogen) atoms. The molecular formula is C19H22FN5O2S. The summed E-state index contributed by atoms with van der Waals surface area (Å²) in [5, 5.41) is 15.7. The van der Waals surface area contributed by atoms with E-state index in [1.165, 1.54) is 17.4 Å². The molecule has 0 aliphatic carbocycles. The van der Waals surface area contributed by atoms with Crippen molar-refractivity contribution < 1.29 is 14.3 Å². The van der Waals surface area contributed by atoms with Crippen LogP contribution in [0.2, 0.25) is 0 Å². The van der Waals surface area contributed by atoms with Crippen molar-refractivity contribution in [3.63, 3.8) is 0 Å². The van der Waals surface area contributed by atoms with E-state index in [1.54, 1.807) is 20.0 Å². The average Bonchev–Trinajstić information content (AvgIpc) is 2.98. The molecule has 0 unspecified atom stereocenters. The van der Waals surface area contributed by atoms with Crippen molar-refractivity contribution in [2.75, 3.05) is 11.9 Å². The maximum Gasteiger partial charge on any atom is 0.271 e. The molecule has 3 rings (SSSR count). The smallest absolute Gasteiger partial charge is 0.271 e. The van der Waals surface area contributed by atoms with Gasteiger partial charge >= 0.3 is 0 Å². The van der Waals surface area contributed by atoms with Gasteiger partial charge in [-0.3, -0.25) is 9.78 Å². The Morgan fingerprint density at radius 1 is 1.32 bits per heavy atom. The van der Waals surface area contributed by atoms with Crippen molar-refractivity contribution in [2.24, 2.45) is 0 Å². The summed E-state index contributed by atoms with van der Waals surface area (Å²) in [7, 11) is 0. The van der Waals surface area contributed by atoms with Crippen LogP contribution in [0.5, 0.6) is 0 Å². The van der Waals surface area contributed by atoms with Crippen LogP contribution in [0.4, 0.5) is 10.3 Å². The normalized spacial score (nSPS) is 12.8. The lowest BCUT2D eigenvalue weighted by Gasteiger charge is -2.18. The molecule has 1 amide bonds. The van der Waals surface area contributed by atoms with E-state index >= 15 is 0 Å². The minimum absolute atomic E-state index is 0.0931. The summed E-state index contributed by atoms with van der Waals surface area (Å²) < 4.78 is 14.1. The lowest BCUT2D eigenvalue weighted by Crippen LogP contribution is -2.38. The Morgan fingerprint density at radius 3 is 2.75 bits per heavy atom. The highest BCUT2D eigenvalue weighted by atomic mass is 32.1. The van der Waals surface area contributed by atoms with E-state index in [9.17, 15) is 14.3 Å². The van der Waals surface area contributed by atoms with Crippen molar-refractivity contribution >= 4 is 33.4 Å². The molecule has 0 aliphatic rings. The number of carbonyl (C=O) groups is 1. The second-order valence-electron chi connectivity index (χ2n) is 7.26. The number of pyridine rings is 1. The van der Waals surface area contributed by atoms with Gasteiger partial charge in [-0.2, -0.15) is 0 Å². The lowest BCUT2D eigenvalue weighted by molar-refractivity contribution is 0.0693. The molecule has 148 valence electrons. The molecular weight excluding hydrogens is 381 g/mol. The Hall–Kier alpha value is -2.65. The fraction of sp³-hybridized carbons (Fsp3) is 0.368. The SMILES string of the molecule is Cc1cc2nc(N[C@@H](C)c3cncc(F)c3)nc(C(=O)NCC(C)(C)O)c2s1. The predicted molar refractivity (Wildman–Crippen MR) is 107 cm³/mol. The molecule has 0 aromatic carbocycles. The van der Waals surface area contributed by atoms with Crippen LogP contribution < -0.4 is 10.6 Å². The molecule has 7 nitrogen and oxygen atoms in total. The van der Waals surface area contributed by atoms with E-state index in [0.29, 0.717) is 15.8 Å². The summed E-state index contributed by atoms with van der Waals surface area (Å²) >= 11 is 1.43. The standard InChI is InChI=1S/C19H22FN5O2S/c1-10-5-14-16(28-10)15(17(26)22-9-19(3,4)27)25-18(24-14)23-11(2)12-6-13(20)8-21-7-12/h5-8,11,27H,9H2,1-4H3,(H,22,26)(H,23,24,25)/t11-/m0/s1. The average molecular weight is 403 g/mol. The van der Waals surface area contributed by atoms with E-state index in [2.05, 4.69) is 25.6 Å². The third-order valence-electron chi connectivity index (χ3n) is 3.96. The monoisotopic (exact) mass is 403 g/mol. The van der Waals surface area contributed by atoms with E-state index in [4.69, 9.17) is 0 Å². The van der Waals surface area contributed by atoms with Gasteiger partial charge in [-0.1, -0.05) is 0 Å². The molecule has 3 heterocycles. The number of aryl methyl sites for hydroxylation is 1. The molecule has 0 saturated heterocycles. The van der Waals surface area contributed by atoms with Crippen LogP contribution in [0.1, 0.15) is 47.7 Å². The molecule has 3 aromatic heterocycles. The first-order valence-electron chi connectivity index (χ1n) is 8.78. The molecule has 3 N–H and O–H groups in total. The van der Waals surface area contributed by atoms with Crippen molar-refractivity contribution in [1.82, 2.24) is 20.3 Å². The van der Waals surface area contributed by atoms with Gasteiger partial charge in [0.25, 0.3) is 5.91 Å². The number of hydrogen-bond donors (Lipinski definition) is 3. The fourth-order valence-electron chi connectivity index (χ4n) is 2.59. The van der Waals surface area contributed by atoms with Crippen LogP contribution >= 0.6 is 11.3 Å². The first-order valence-corrected chi connectivity index (χ1v) is 9.60. The minimum atomic E-state index is -1.03. The third-order valence-corrected chi connectivity index (χ3v) is 5.01. The van der Waals surface area contributed by atoms with Crippen molar-refractivity contribution in [2.45, 2.75) is 39.3 Å². The second kappa shape index (κ2) is 7.76. The summed E-state index contributed by atoms with van der Waals surface area (Å²) in [6.07, 6.45) is 2.70. The van der Waals surface area contributed by atoms with Gasteiger partial charge < -0.3 is 15.7 Å². The number of carbonyl (C=O) groups excluding carboxylic acids is 1. The first-order chi connectivity index (χ1) is 13.1. The van der Waals surface area contributed by atoms with Gasteiger partial charge in [-0.05, 0) is 45.4 Å². The Kier molecular flexibility index (Phi) is 5.57. The number of fused-ring (bicyclic) bond motifs is 1. The van der Waals surface area contributed by atoms with Gasteiger partial charge in [0.15, 0.2) is 5.69 Å². The van der Waals surface area contributed by atoms with Gasteiger partial charge in [0.2, 0.25) is 5.95 Å². The zero-order valence-electron chi connectivity index (χ0n) is 16.1. The summed E-state index contributed by atoms with van der Waals surface area (Å²) in [6, 6.07) is 2.95. The van der Waals surface area contributed by atoms with Gasteiger partial charge in [-0.15, -0.1) is 11.3 Å². The van der Waals surface area contributed by atoms with E-state index in [0.717, 1.165) is 11.1 Å². The molecule has 0 spiro atoms. The number of nitrogens with zero attached hydrogens (tertiary/aromatic N) is 3. The van der Waals surface area contributed by atoms with Crippen LogP contribution in [0.25, 0.3) is 10.2 Å². The van der Waals surface area contributed by atoms with E-state index < -0.39 is 11.4 Å². The van der Waals surface area contributed by atoms with Crippen LogP contribution in [-0.2, 0) is 0 Å². The number of anilines is 1. The number of aromatic nitrogens is 3. The summed E-state index contributed by atoms with van der Waals surface area (Å²) in [5.41, 5.74) is 0.489. The number of halogens is 1. The second-order valence-corrected chi connectivity index (χ2v) is 8.52. The van der Waals surface area contributed by atoms with Gasteiger partial charge in [0, 0.05) is 17.6 Å². The predicted octanol–water partition coefficient (Wildman–Crippen LogP) is 3.21. The summed E-state index contributed by atoms with van der Waals surface area (Å²) in [4.78, 5) is 26.4. The first kappa shape index (κ1) is 20.1. The molecule has 0 bridgehead atoms.